The van der Waals surface area contributed by atoms with Gasteiger partial charge in [0.25, 0.3) is 11.8 Å². The van der Waals surface area contributed by atoms with E-state index in [0.29, 0.717) is 18.1 Å². The minimum absolute atomic E-state index is 0.116. The predicted molar refractivity (Wildman–Crippen MR) is 249 cm³/mol. The number of hydroxylamine groups is 2. The SMILES string of the molecule is CCCCC/C=C\C/C=C\CCCCCCCCC1(CCCCCCCC/C=C\C/C=C\CCCCC)OCC(CCN(C)CCCCCC(=O)ON2C(=O)CCC2=O)O1. The lowest BCUT2D eigenvalue weighted by atomic mass is 9.98. The summed E-state index contributed by atoms with van der Waals surface area (Å²) in [6, 6.07) is 0. The maximum absolute atomic E-state index is 12.1. The minimum atomic E-state index is -0.514. The summed E-state index contributed by atoms with van der Waals surface area (Å²) in [6.45, 7) is 7.09. The number of amides is 2. The van der Waals surface area contributed by atoms with Crippen LogP contribution in [0.5, 0.6) is 0 Å². The zero-order valence-corrected chi connectivity index (χ0v) is 39.0. The monoisotopic (exact) mass is 839 g/mol. The van der Waals surface area contributed by atoms with E-state index in [0.717, 1.165) is 70.9 Å². The van der Waals surface area contributed by atoms with E-state index >= 15 is 0 Å². The second-order valence-electron chi connectivity index (χ2n) is 17.6. The highest BCUT2D eigenvalue weighted by atomic mass is 16.7. The Balaban J connectivity index is 1.64. The minimum Gasteiger partial charge on any atom is -0.347 e. The molecule has 2 saturated heterocycles. The molecule has 8 heteroatoms. The largest absolute Gasteiger partial charge is 0.347 e. The number of imide groups is 1. The lowest BCUT2D eigenvalue weighted by Crippen LogP contribution is -2.32. The predicted octanol–water partition coefficient (Wildman–Crippen LogP) is 14.0. The van der Waals surface area contributed by atoms with Crippen molar-refractivity contribution in [3.63, 3.8) is 0 Å². The van der Waals surface area contributed by atoms with Gasteiger partial charge >= 0.3 is 5.97 Å². The fraction of sp³-hybridized carbons (Fsp3) is 0.788. The number of allylic oxidation sites excluding steroid dienone is 8. The maximum Gasteiger partial charge on any atom is 0.333 e. The average Bonchev–Trinajstić information content (AvgIpc) is 3.80. The zero-order valence-electron chi connectivity index (χ0n) is 39.0. The molecule has 0 bridgehead atoms. The van der Waals surface area contributed by atoms with Crippen LogP contribution in [0.25, 0.3) is 0 Å². The Morgan fingerprint density at radius 2 is 1.07 bits per heavy atom. The van der Waals surface area contributed by atoms with Gasteiger partial charge in [0, 0.05) is 38.6 Å². The molecule has 0 radical (unpaired) electrons. The van der Waals surface area contributed by atoms with Crippen molar-refractivity contribution in [1.82, 2.24) is 9.96 Å². The van der Waals surface area contributed by atoms with Gasteiger partial charge in [0.15, 0.2) is 5.79 Å². The fourth-order valence-corrected chi connectivity index (χ4v) is 8.02. The Kier molecular flexibility index (Phi) is 33.1. The molecule has 2 rings (SSSR count). The number of carbonyl (C=O) groups excluding carboxylic acids is 3. The van der Waals surface area contributed by atoms with Gasteiger partial charge in [-0.1, -0.05) is 146 Å². The summed E-state index contributed by atoms with van der Waals surface area (Å²) in [4.78, 5) is 42.8. The summed E-state index contributed by atoms with van der Waals surface area (Å²) in [5, 5.41) is 0.634. The second-order valence-corrected chi connectivity index (χ2v) is 17.6. The van der Waals surface area contributed by atoms with E-state index in [-0.39, 0.29) is 25.4 Å². The van der Waals surface area contributed by atoms with Gasteiger partial charge in [-0.15, -0.1) is 5.06 Å². The van der Waals surface area contributed by atoms with Crippen molar-refractivity contribution in [3.8, 4) is 0 Å². The van der Waals surface area contributed by atoms with Crippen LogP contribution in [0.3, 0.4) is 0 Å². The molecular formula is C52H90N2O6. The highest BCUT2D eigenvalue weighted by Gasteiger charge is 2.40. The summed E-state index contributed by atoms with van der Waals surface area (Å²) in [5.41, 5.74) is 0. The molecule has 2 fully saturated rings. The van der Waals surface area contributed by atoms with Crippen molar-refractivity contribution in [2.45, 2.75) is 238 Å². The highest BCUT2D eigenvalue weighted by molar-refractivity contribution is 6.01. The third-order valence-electron chi connectivity index (χ3n) is 11.9. The number of hydrogen-bond acceptors (Lipinski definition) is 7. The molecule has 0 aromatic heterocycles. The molecule has 2 aliphatic heterocycles. The average molecular weight is 839 g/mol. The van der Waals surface area contributed by atoms with Crippen LogP contribution in [0.4, 0.5) is 0 Å². The number of nitrogens with zero attached hydrogens (tertiary/aromatic N) is 2. The van der Waals surface area contributed by atoms with Crippen LogP contribution in [0.2, 0.25) is 0 Å². The summed E-state index contributed by atoms with van der Waals surface area (Å²) < 4.78 is 13.4. The Morgan fingerprint density at radius 1 is 0.617 bits per heavy atom. The first-order valence-electron chi connectivity index (χ1n) is 25.1. The molecule has 0 spiro atoms. The van der Waals surface area contributed by atoms with Crippen LogP contribution in [0.15, 0.2) is 48.6 Å². The first kappa shape index (κ1) is 53.6. The molecule has 2 heterocycles. The van der Waals surface area contributed by atoms with Gasteiger partial charge in [-0.25, -0.2) is 4.79 Å². The Labute approximate surface area is 368 Å². The third-order valence-corrected chi connectivity index (χ3v) is 11.9. The van der Waals surface area contributed by atoms with Gasteiger partial charge in [-0.3, -0.25) is 9.59 Å². The maximum atomic E-state index is 12.1. The lowest BCUT2D eigenvalue weighted by Gasteiger charge is -2.29. The van der Waals surface area contributed by atoms with E-state index in [4.69, 9.17) is 14.3 Å². The van der Waals surface area contributed by atoms with Gasteiger partial charge in [0.1, 0.15) is 0 Å². The van der Waals surface area contributed by atoms with Gasteiger partial charge < -0.3 is 19.2 Å². The quantitative estimate of drug-likeness (QED) is 0.0345. The molecule has 1 unspecified atom stereocenters. The summed E-state index contributed by atoms with van der Waals surface area (Å²) >= 11 is 0. The Hall–Kier alpha value is -2.55. The molecule has 344 valence electrons. The topological polar surface area (TPSA) is 85.4 Å². The first-order valence-corrected chi connectivity index (χ1v) is 25.1. The van der Waals surface area contributed by atoms with Gasteiger partial charge in [-0.05, 0) is 110 Å². The van der Waals surface area contributed by atoms with E-state index in [1.165, 1.54) is 128 Å². The molecule has 1 atom stereocenters. The molecule has 0 aromatic carbocycles. The molecule has 8 nitrogen and oxygen atoms in total. The van der Waals surface area contributed by atoms with E-state index in [2.05, 4.69) is 74.4 Å². The van der Waals surface area contributed by atoms with E-state index < -0.39 is 23.6 Å². The number of carbonyl (C=O) groups is 3. The van der Waals surface area contributed by atoms with Crippen molar-refractivity contribution in [2.24, 2.45) is 0 Å². The van der Waals surface area contributed by atoms with Gasteiger partial charge in [0.05, 0.1) is 12.7 Å². The summed E-state index contributed by atoms with van der Waals surface area (Å²) in [5.74, 6) is -1.80. The zero-order chi connectivity index (χ0) is 43.2. The molecule has 2 amide bonds. The van der Waals surface area contributed by atoms with Crippen LogP contribution in [0.1, 0.15) is 226 Å². The Morgan fingerprint density at radius 3 is 1.57 bits per heavy atom. The first-order chi connectivity index (χ1) is 29.4. The second kappa shape index (κ2) is 37.0. The Bertz CT molecular complexity index is 1150. The molecule has 0 saturated carbocycles. The summed E-state index contributed by atoms with van der Waals surface area (Å²) in [6.07, 6.45) is 54.9. The smallest absolute Gasteiger partial charge is 0.333 e. The van der Waals surface area contributed by atoms with Crippen LogP contribution < -0.4 is 0 Å². The van der Waals surface area contributed by atoms with Crippen LogP contribution in [-0.2, 0) is 28.7 Å². The van der Waals surface area contributed by atoms with Crippen molar-refractivity contribution >= 4 is 17.8 Å². The number of ether oxygens (including phenoxy) is 2. The van der Waals surface area contributed by atoms with Crippen LogP contribution in [-0.4, -0.2) is 66.4 Å². The lowest BCUT2D eigenvalue weighted by molar-refractivity contribution is -0.197. The number of unbranched alkanes of at least 4 members (excludes halogenated alkanes) is 20. The normalized spacial score (nSPS) is 17.1. The van der Waals surface area contributed by atoms with Crippen molar-refractivity contribution in [1.29, 1.82) is 0 Å². The standard InChI is InChI=1S/C52H90N2O6/c1-4-6-8-10-12-14-16-18-20-22-24-26-28-30-32-36-43-52(44-37-33-31-29-27-25-23-21-19-17-15-13-11-9-7-5-2)58-47-48(59-52)42-46-53(3)45-38-34-35-39-51(57)60-54-49(55)40-41-50(54)56/h12-15,18-21,48H,4-11,16-17,22-47H2,1-3H3/b14-12-,15-13-,20-18-,21-19-. The van der Waals surface area contributed by atoms with Gasteiger partial charge in [-0.2, -0.15) is 0 Å². The number of hydrogen-bond donors (Lipinski definition) is 0. The van der Waals surface area contributed by atoms with Crippen molar-refractivity contribution < 1.29 is 28.7 Å². The summed E-state index contributed by atoms with van der Waals surface area (Å²) in [7, 11) is 2.15. The van der Waals surface area contributed by atoms with Crippen molar-refractivity contribution in [3.05, 3.63) is 48.6 Å². The fourth-order valence-electron chi connectivity index (χ4n) is 8.02. The van der Waals surface area contributed by atoms with Gasteiger partial charge in [0.2, 0.25) is 0 Å². The highest BCUT2D eigenvalue weighted by Crippen LogP contribution is 2.36. The molecule has 2 aliphatic rings. The van der Waals surface area contributed by atoms with E-state index in [9.17, 15) is 14.4 Å². The molecular weight excluding hydrogens is 749 g/mol. The molecule has 0 aromatic rings. The van der Waals surface area contributed by atoms with E-state index in [1.807, 2.05) is 0 Å². The van der Waals surface area contributed by atoms with Crippen LogP contribution >= 0.6 is 0 Å². The van der Waals surface area contributed by atoms with E-state index in [1.54, 1.807) is 0 Å². The molecule has 0 aliphatic carbocycles. The molecule has 0 N–H and O–H groups in total. The van der Waals surface area contributed by atoms with Crippen LogP contribution in [0, 0.1) is 0 Å². The molecule has 60 heavy (non-hydrogen) atoms. The van der Waals surface area contributed by atoms with Crippen molar-refractivity contribution in [2.75, 3.05) is 26.7 Å². The third kappa shape index (κ3) is 28.1. The number of rotatable bonds is 40.